The Labute approximate surface area is 122 Å². The largest absolute Gasteiger partial charge is 0.480 e. The molecule has 1 atom stereocenters. The molecule has 0 saturated heterocycles. The summed E-state index contributed by atoms with van der Waals surface area (Å²) < 4.78 is 1.49. The third-order valence-corrected chi connectivity index (χ3v) is 2.93. The Hall–Kier alpha value is -2.38. The van der Waals surface area contributed by atoms with Crippen LogP contribution < -0.4 is 11.1 Å². The Morgan fingerprint density at radius 1 is 1.43 bits per heavy atom. The second-order valence-electron chi connectivity index (χ2n) is 4.96. The summed E-state index contributed by atoms with van der Waals surface area (Å²) in [6.07, 6.45) is -0.460. The van der Waals surface area contributed by atoms with E-state index in [1.165, 1.54) is 4.68 Å². The number of carbonyl (C=O) groups excluding carboxylic acids is 2. The molecule has 8 heteroatoms. The van der Waals surface area contributed by atoms with E-state index >= 15 is 0 Å². The summed E-state index contributed by atoms with van der Waals surface area (Å²) in [5, 5.41) is 15.6. The van der Waals surface area contributed by atoms with Crippen LogP contribution in [0.5, 0.6) is 0 Å². The number of aliphatic carboxylic acids is 1. The molecule has 1 aromatic heterocycles. The zero-order valence-electron chi connectivity index (χ0n) is 12.3. The molecule has 116 valence electrons. The Morgan fingerprint density at radius 3 is 2.48 bits per heavy atom. The fraction of sp³-hybridized carbons (Fsp3) is 0.538. The standard InChI is InChI=1S/C13H20N4O4/c1-4-17-10(5-8(16-17)7(2)3)12(19)15-9(13(20)21)6-11(14)18/h5,7,9H,4,6H2,1-3H3,(H2,14,18)(H,15,19)(H,20,21)/t9-/m0/s1. The predicted octanol–water partition coefficient (Wildman–Crippen LogP) is 0.0848. The number of aromatic nitrogens is 2. The fourth-order valence-corrected chi connectivity index (χ4v) is 1.78. The zero-order valence-corrected chi connectivity index (χ0v) is 12.3. The topological polar surface area (TPSA) is 127 Å². The maximum Gasteiger partial charge on any atom is 0.326 e. The summed E-state index contributed by atoms with van der Waals surface area (Å²) in [4.78, 5) is 34.0. The van der Waals surface area contributed by atoms with Crippen LogP contribution in [0.25, 0.3) is 0 Å². The second kappa shape index (κ2) is 6.87. The van der Waals surface area contributed by atoms with Crippen LogP contribution in [0.1, 0.15) is 49.3 Å². The van der Waals surface area contributed by atoms with E-state index in [0.717, 1.165) is 5.69 Å². The highest BCUT2D eigenvalue weighted by Crippen LogP contribution is 2.14. The SMILES string of the molecule is CCn1nc(C(C)C)cc1C(=O)N[C@@H](CC(N)=O)C(=O)O. The van der Waals surface area contributed by atoms with Gasteiger partial charge < -0.3 is 16.2 Å². The quantitative estimate of drug-likeness (QED) is 0.656. The number of carboxylic acid groups (broad SMARTS) is 1. The molecule has 0 fully saturated rings. The number of carboxylic acids is 1. The van der Waals surface area contributed by atoms with Crippen molar-refractivity contribution in [1.29, 1.82) is 0 Å². The van der Waals surface area contributed by atoms with Gasteiger partial charge in [0.1, 0.15) is 11.7 Å². The Balaban J connectivity index is 2.96. The van der Waals surface area contributed by atoms with Crippen LogP contribution in [0.15, 0.2) is 6.07 Å². The molecule has 4 N–H and O–H groups in total. The molecule has 0 spiro atoms. The second-order valence-corrected chi connectivity index (χ2v) is 4.96. The summed E-state index contributed by atoms with van der Waals surface area (Å²) >= 11 is 0. The lowest BCUT2D eigenvalue weighted by Crippen LogP contribution is -2.43. The van der Waals surface area contributed by atoms with Crippen LogP contribution in [0.2, 0.25) is 0 Å². The number of hydrogen-bond donors (Lipinski definition) is 3. The molecule has 0 aliphatic heterocycles. The molecule has 0 bridgehead atoms. The summed E-state index contributed by atoms with van der Waals surface area (Å²) in [7, 11) is 0. The first-order chi connectivity index (χ1) is 9.76. The fourth-order valence-electron chi connectivity index (χ4n) is 1.78. The van der Waals surface area contributed by atoms with Crippen molar-refractivity contribution in [3.05, 3.63) is 17.5 Å². The number of rotatable bonds is 7. The van der Waals surface area contributed by atoms with Crippen LogP contribution in [0.3, 0.4) is 0 Å². The van der Waals surface area contributed by atoms with Gasteiger partial charge in [0.25, 0.3) is 5.91 Å². The van der Waals surface area contributed by atoms with E-state index in [0.29, 0.717) is 6.54 Å². The van der Waals surface area contributed by atoms with Crippen molar-refractivity contribution in [1.82, 2.24) is 15.1 Å². The molecule has 0 aliphatic rings. The van der Waals surface area contributed by atoms with Gasteiger partial charge in [-0.2, -0.15) is 5.10 Å². The molecule has 0 saturated carbocycles. The zero-order chi connectivity index (χ0) is 16.2. The lowest BCUT2D eigenvalue weighted by Gasteiger charge is -2.13. The lowest BCUT2D eigenvalue weighted by atomic mass is 10.1. The van der Waals surface area contributed by atoms with Crippen LogP contribution >= 0.6 is 0 Å². The van der Waals surface area contributed by atoms with Crippen LogP contribution in [-0.4, -0.2) is 38.7 Å². The third-order valence-electron chi connectivity index (χ3n) is 2.93. The Morgan fingerprint density at radius 2 is 2.05 bits per heavy atom. The molecule has 0 aliphatic carbocycles. The van der Waals surface area contributed by atoms with Crippen LogP contribution in [0.4, 0.5) is 0 Å². The predicted molar refractivity (Wildman–Crippen MR) is 74.7 cm³/mol. The van der Waals surface area contributed by atoms with Crippen molar-refractivity contribution >= 4 is 17.8 Å². The maximum absolute atomic E-state index is 12.2. The smallest absolute Gasteiger partial charge is 0.326 e. The number of aryl methyl sites for hydroxylation is 1. The molecule has 1 rings (SSSR count). The van der Waals surface area contributed by atoms with Gasteiger partial charge in [-0.3, -0.25) is 14.3 Å². The van der Waals surface area contributed by atoms with E-state index < -0.39 is 30.2 Å². The van der Waals surface area contributed by atoms with Crippen molar-refractivity contribution in [2.24, 2.45) is 5.73 Å². The number of hydrogen-bond acceptors (Lipinski definition) is 4. The molecular formula is C13H20N4O4. The number of nitrogens with one attached hydrogen (secondary N) is 1. The number of carbonyl (C=O) groups is 3. The minimum atomic E-state index is -1.35. The summed E-state index contributed by atoms with van der Waals surface area (Å²) in [5.41, 5.74) is 5.97. The molecular weight excluding hydrogens is 276 g/mol. The average molecular weight is 296 g/mol. The monoisotopic (exact) mass is 296 g/mol. The first-order valence-electron chi connectivity index (χ1n) is 6.66. The van der Waals surface area contributed by atoms with Gasteiger partial charge in [-0.15, -0.1) is 0 Å². The van der Waals surface area contributed by atoms with E-state index in [-0.39, 0.29) is 11.6 Å². The van der Waals surface area contributed by atoms with E-state index in [4.69, 9.17) is 10.8 Å². The van der Waals surface area contributed by atoms with Crippen molar-refractivity contribution in [3.63, 3.8) is 0 Å². The Bertz CT molecular complexity index is 550. The van der Waals surface area contributed by atoms with Gasteiger partial charge in [-0.25, -0.2) is 4.79 Å². The molecule has 1 aromatic rings. The minimum absolute atomic E-state index is 0.144. The first kappa shape index (κ1) is 16.7. The number of nitrogens with zero attached hydrogens (tertiary/aromatic N) is 2. The molecule has 2 amide bonds. The highest BCUT2D eigenvalue weighted by molar-refractivity contribution is 5.96. The molecule has 0 aromatic carbocycles. The van der Waals surface area contributed by atoms with Gasteiger partial charge in [0, 0.05) is 6.54 Å². The van der Waals surface area contributed by atoms with E-state index in [1.807, 2.05) is 20.8 Å². The van der Waals surface area contributed by atoms with Gasteiger partial charge in [0.15, 0.2) is 0 Å². The first-order valence-corrected chi connectivity index (χ1v) is 6.66. The average Bonchev–Trinajstić information content (AvgIpc) is 2.81. The van der Waals surface area contributed by atoms with Crippen molar-refractivity contribution < 1.29 is 19.5 Å². The summed E-state index contributed by atoms with van der Waals surface area (Å²) in [6, 6.07) is 0.268. The molecule has 21 heavy (non-hydrogen) atoms. The van der Waals surface area contributed by atoms with Crippen LogP contribution in [-0.2, 0) is 16.1 Å². The van der Waals surface area contributed by atoms with Crippen LogP contribution in [0, 0.1) is 0 Å². The molecule has 0 unspecified atom stereocenters. The highest BCUT2D eigenvalue weighted by Gasteiger charge is 2.25. The number of primary amides is 1. The van der Waals surface area contributed by atoms with Crippen molar-refractivity contribution in [2.75, 3.05) is 0 Å². The summed E-state index contributed by atoms with van der Waals surface area (Å²) in [6.45, 7) is 6.18. The molecule has 1 heterocycles. The summed E-state index contributed by atoms with van der Waals surface area (Å²) in [5.74, 6) is -2.56. The normalized spacial score (nSPS) is 12.2. The minimum Gasteiger partial charge on any atom is -0.480 e. The maximum atomic E-state index is 12.2. The lowest BCUT2D eigenvalue weighted by molar-refractivity contribution is -0.140. The number of amides is 2. The van der Waals surface area contributed by atoms with Gasteiger partial charge >= 0.3 is 5.97 Å². The highest BCUT2D eigenvalue weighted by atomic mass is 16.4. The Kier molecular flexibility index (Phi) is 5.45. The van der Waals surface area contributed by atoms with Gasteiger partial charge in [0.05, 0.1) is 12.1 Å². The number of nitrogens with two attached hydrogens (primary N) is 1. The van der Waals surface area contributed by atoms with Gasteiger partial charge in [-0.05, 0) is 18.9 Å². The molecule has 0 radical (unpaired) electrons. The van der Waals surface area contributed by atoms with Gasteiger partial charge in [0.2, 0.25) is 5.91 Å². The molecule has 8 nitrogen and oxygen atoms in total. The van der Waals surface area contributed by atoms with E-state index in [9.17, 15) is 14.4 Å². The van der Waals surface area contributed by atoms with E-state index in [2.05, 4.69) is 10.4 Å². The van der Waals surface area contributed by atoms with Crippen molar-refractivity contribution in [2.45, 2.75) is 45.7 Å². The van der Waals surface area contributed by atoms with E-state index in [1.54, 1.807) is 6.07 Å². The third kappa shape index (κ3) is 4.30. The van der Waals surface area contributed by atoms with Crippen molar-refractivity contribution in [3.8, 4) is 0 Å². The van der Waals surface area contributed by atoms with Gasteiger partial charge in [-0.1, -0.05) is 13.8 Å².